The maximum Gasteiger partial charge on any atom is 0.257 e. The summed E-state index contributed by atoms with van der Waals surface area (Å²) in [6.45, 7) is 2.75. The van der Waals surface area contributed by atoms with Gasteiger partial charge in [-0.25, -0.2) is 0 Å². The van der Waals surface area contributed by atoms with Crippen LogP contribution in [0.15, 0.2) is 48.5 Å². The van der Waals surface area contributed by atoms with E-state index in [1.807, 2.05) is 48.2 Å². The number of carbonyl (C=O) groups is 1. The van der Waals surface area contributed by atoms with Crippen LogP contribution in [0.5, 0.6) is 5.75 Å². The predicted molar refractivity (Wildman–Crippen MR) is 98.0 cm³/mol. The molecule has 1 fully saturated rings. The van der Waals surface area contributed by atoms with Gasteiger partial charge in [0.1, 0.15) is 5.75 Å². The third kappa shape index (κ3) is 2.36. The molecule has 3 aromatic rings. The molecule has 2 aromatic carbocycles. The highest BCUT2D eigenvalue weighted by atomic mass is 32.2. The maximum atomic E-state index is 13.1. The molecule has 1 amide bonds. The average molecular weight is 338 g/mol. The Morgan fingerprint density at radius 1 is 1.17 bits per heavy atom. The SMILES string of the molecule is Cc1c(C(=O)N2CCSC2)c2cc(O)ccc2n1-c1ccccc1. The van der Waals surface area contributed by atoms with Crippen LogP contribution in [0, 0.1) is 6.92 Å². The Bertz CT molecular complexity index is 912. The van der Waals surface area contributed by atoms with Crippen LogP contribution in [0.25, 0.3) is 16.6 Å². The molecule has 0 saturated carbocycles. The van der Waals surface area contributed by atoms with Gasteiger partial charge in [0.25, 0.3) is 5.91 Å². The lowest BCUT2D eigenvalue weighted by Gasteiger charge is -2.15. The van der Waals surface area contributed by atoms with Crippen molar-refractivity contribution in [3.63, 3.8) is 0 Å². The van der Waals surface area contributed by atoms with E-state index in [1.165, 1.54) is 0 Å². The monoisotopic (exact) mass is 338 g/mol. The minimum absolute atomic E-state index is 0.0442. The number of carbonyl (C=O) groups excluding carboxylic acids is 1. The molecular formula is C19H18N2O2S. The number of amides is 1. The van der Waals surface area contributed by atoms with E-state index in [4.69, 9.17) is 0 Å². The zero-order chi connectivity index (χ0) is 16.7. The van der Waals surface area contributed by atoms with Crippen molar-refractivity contribution in [3.8, 4) is 11.4 Å². The fourth-order valence-corrected chi connectivity index (χ4v) is 4.26. The van der Waals surface area contributed by atoms with E-state index in [0.717, 1.165) is 40.5 Å². The van der Waals surface area contributed by atoms with E-state index in [9.17, 15) is 9.90 Å². The molecule has 2 heterocycles. The highest BCUT2D eigenvalue weighted by Crippen LogP contribution is 2.33. The number of thioether (sulfide) groups is 1. The summed E-state index contributed by atoms with van der Waals surface area (Å²) in [6, 6.07) is 15.2. The molecule has 0 radical (unpaired) electrons. The number of aromatic nitrogens is 1. The number of aromatic hydroxyl groups is 1. The van der Waals surface area contributed by atoms with Crippen molar-refractivity contribution in [2.45, 2.75) is 6.92 Å². The number of fused-ring (bicyclic) bond motifs is 1. The van der Waals surface area contributed by atoms with Crippen LogP contribution in [-0.4, -0.2) is 38.7 Å². The maximum absolute atomic E-state index is 13.1. The number of nitrogens with zero attached hydrogens (tertiary/aromatic N) is 2. The number of phenols is 1. The average Bonchev–Trinajstić information content (AvgIpc) is 3.21. The second kappa shape index (κ2) is 5.91. The molecule has 1 aliphatic heterocycles. The predicted octanol–water partition coefficient (Wildman–Crippen LogP) is 3.79. The molecule has 5 heteroatoms. The van der Waals surface area contributed by atoms with Crippen LogP contribution < -0.4 is 0 Å². The van der Waals surface area contributed by atoms with Crippen LogP contribution >= 0.6 is 11.8 Å². The minimum Gasteiger partial charge on any atom is -0.508 e. The molecule has 1 aromatic heterocycles. The van der Waals surface area contributed by atoms with Crippen LogP contribution in [-0.2, 0) is 0 Å². The summed E-state index contributed by atoms with van der Waals surface area (Å²) < 4.78 is 2.09. The molecule has 122 valence electrons. The summed E-state index contributed by atoms with van der Waals surface area (Å²) in [5.41, 5.74) is 3.54. The molecule has 0 atom stereocenters. The Labute approximate surface area is 144 Å². The second-order valence-corrected chi connectivity index (χ2v) is 7.01. The van der Waals surface area contributed by atoms with Gasteiger partial charge in [-0.3, -0.25) is 4.79 Å². The Morgan fingerprint density at radius 2 is 1.96 bits per heavy atom. The van der Waals surface area contributed by atoms with Gasteiger partial charge in [0.05, 0.1) is 17.0 Å². The van der Waals surface area contributed by atoms with Gasteiger partial charge in [0, 0.05) is 29.1 Å². The van der Waals surface area contributed by atoms with Crippen molar-refractivity contribution in [1.82, 2.24) is 9.47 Å². The number of rotatable bonds is 2. The number of phenolic OH excluding ortho intramolecular Hbond substituents is 1. The summed E-state index contributed by atoms with van der Waals surface area (Å²) in [5.74, 6) is 1.93. The van der Waals surface area contributed by atoms with Crippen LogP contribution in [0.3, 0.4) is 0 Å². The lowest BCUT2D eigenvalue weighted by Crippen LogP contribution is -2.28. The highest BCUT2D eigenvalue weighted by Gasteiger charge is 2.27. The summed E-state index contributed by atoms with van der Waals surface area (Å²) in [4.78, 5) is 14.9. The molecular weight excluding hydrogens is 320 g/mol. The van der Waals surface area contributed by atoms with Gasteiger partial charge >= 0.3 is 0 Å². The second-order valence-electron chi connectivity index (χ2n) is 5.94. The van der Waals surface area contributed by atoms with Gasteiger partial charge in [0.15, 0.2) is 0 Å². The van der Waals surface area contributed by atoms with E-state index >= 15 is 0 Å². The van der Waals surface area contributed by atoms with Crippen molar-refractivity contribution in [2.75, 3.05) is 18.2 Å². The smallest absolute Gasteiger partial charge is 0.257 e. The van der Waals surface area contributed by atoms with Crippen molar-refractivity contribution in [3.05, 3.63) is 59.8 Å². The molecule has 0 spiro atoms. The Kier molecular flexibility index (Phi) is 3.73. The lowest BCUT2D eigenvalue weighted by molar-refractivity contribution is 0.0804. The first-order valence-corrected chi connectivity index (χ1v) is 9.09. The van der Waals surface area contributed by atoms with Crippen molar-refractivity contribution < 1.29 is 9.90 Å². The Morgan fingerprint density at radius 3 is 2.67 bits per heavy atom. The molecule has 1 aliphatic rings. The first-order valence-electron chi connectivity index (χ1n) is 7.93. The summed E-state index contributed by atoms with van der Waals surface area (Å²) in [6.07, 6.45) is 0. The van der Waals surface area contributed by atoms with Gasteiger partial charge in [-0.2, -0.15) is 0 Å². The van der Waals surface area contributed by atoms with Crippen LogP contribution in [0.2, 0.25) is 0 Å². The molecule has 0 aliphatic carbocycles. The summed E-state index contributed by atoms with van der Waals surface area (Å²) in [5, 5.41) is 10.7. The summed E-state index contributed by atoms with van der Waals surface area (Å²) >= 11 is 1.77. The fourth-order valence-electron chi connectivity index (χ4n) is 3.32. The third-order valence-electron chi connectivity index (χ3n) is 4.46. The molecule has 4 rings (SSSR count). The van der Waals surface area contributed by atoms with Gasteiger partial charge < -0.3 is 14.6 Å². The molecule has 4 nitrogen and oxygen atoms in total. The van der Waals surface area contributed by atoms with Crippen LogP contribution in [0.4, 0.5) is 0 Å². The molecule has 0 unspecified atom stereocenters. The number of hydrogen-bond acceptors (Lipinski definition) is 3. The van der Waals surface area contributed by atoms with Crippen LogP contribution in [0.1, 0.15) is 16.1 Å². The number of benzene rings is 2. The normalized spacial score (nSPS) is 14.5. The Hall–Kier alpha value is -2.40. The minimum atomic E-state index is 0.0442. The topological polar surface area (TPSA) is 45.5 Å². The highest BCUT2D eigenvalue weighted by molar-refractivity contribution is 7.99. The largest absolute Gasteiger partial charge is 0.508 e. The quantitative estimate of drug-likeness (QED) is 0.773. The molecule has 1 saturated heterocycles. The third-order valence-corrected chi connectivity index (χ3v) is 5.42. The van der Waals surface area contributed by atoms with Crippen molar-refractivity contribution >= 4 is 28.6 Å². The number of hydrogen-bond donors (Lipinski definition) is 1. The van der Waals surface area contributed by atoms with Gasteiger partial charge in [-0.15, -0.1) is 11.8 Å². The van der Waals surface area contributed by atoms with E-state index in [1.54, 1.807) is 23.9 Å². The first kappa shape index (κ1) is 15.1. The van der Waals surface area contributed by atoms with Gasteiger partial charge in [0.2, 0.25) is 0 Å². The molecule has 1 N–H and O–H groups in total. The zero-order valence-corrected chi connectivity index (χ0v) is 14.2. The Balaban J connectivity index is 1.98. The van der Waals surface area contributed by atoms with Crippen molar-refractivity contribution in [1.29, 1.82) is 0 Å². The fraction of sp³-hybridized carbons (Fsp3) is 0.211. The van der Waals surface area contributed by atoms with Crippen molar-refractivity contribution in [2.24, 2.45) is 0 Å². The number of para-hydroxylation sites is 1. The summed E-state index contributed by atoms with van der Waals surface area (Å²) in [7, 11) is 0. The van der Waals surface area contributed by atoms with E-state index in [0.29, 0.717) is 5.56 Å². The van der Waals surface area contributed by atoms with Gasteiger partial charge in [-0.1, -0.05) is 18.2 Å². The zero-order valence-electron chi connectivity index (χ0n) is 13.4. The first-order chi connectivity index (χ1) is 11.7. The standard InChI is InChI=1S/C19H18N2O2S/c1-13-18(19(23)20-9-10-24-12-20)16-11-15(22)7-8-17(16)21(13)14-5-3-2-4-6-14/h2-8,11,22H,9-10,12H2,1H3. The van der Waals surface area contributed by atoms with E-state index in [-0.39, 0.29) is 11.7 Å². The van der Waals surface area contributed by atoms with Gasteiger partial charge in [-0.05, 0) is 37.3 Å². The molecule has 24 heavy (non-hydrogen) atoms. The van der Waals surface area contributed by atoms with E-state index in [2.05, 4.69) is 4.57 Å². The van der Waals surface area contributed by atoms with E-state index < -0.39 is 0 Å². The molecule has 0 bridgehead atoms. The lowest BCUT2D eigenvalue weighted by atomic mass is 10.1.